The van der Waals surface area contributed by atoms with Gasteiger partial charge >= 0.3 is 0 Å². The summed E-state index contributed by atoms with van der Waals surface area (Å²) in [7, 11) is 0. The summed E-state index contributed by atoms with van der Waals surface area (Å²) in [4.78, 5) is 27.1. The number of nitrogens with zero attached hydrogens (tertiary/aromatic N) is 1. The molecule has 3 atom stereocenters. The first-order valence-electron chi connectivity index (χ1n) is 8.32. The molecular weight excluding hydrogens is 268 g/mol. The maximum atomic E-state index is 13.0. The van der Waals surface area contributed by atoms with Crippen molar-refractivity contribution in [2.75, 3.05) is 13.2 Å². The smallest absolute Gasteiger partial charge is 0.249 e. The average molecular weight is 294 g/mol. The molecule has 3 rings (SSSR count). The highest BCUT2D eigenvalue weighted by Crippen LogP contribution is 2.36. The molecule has 5 nitrogen and oxygen atoms in total. The molecule has 2 heterocycles. The fourth-order valence-electron chi connectivity index (χ4n) is 4.15. The summed E-state index contributed by atoms with van der Waals surface area (Å²) < 4.78 is 5.73. The molecule has 118 valence electrons. The van der Waals surface area contributed by atoms with Crippen LogP contribution in [0.4, 0.5) is 0 Å². The minimum absolute atomic E-state index is 0.00321. The molecule has 5 heteroatoms. The molecule has 2 amide bonds. The summed E-state index contributed by atoms with van der Waals surface area (Å²) in [5.74, 6) is 0.503. The van der Waals surface area contributed by atoms with Crippen LogP contribution in [-0.2, 0) is 14.3 Å². The van der Waals surface area contributed by atoms with Gasteiger partial charge in [0, 0.05) is 19.1 Å². The van der Waals surface area contributed by atoms with E-state index >= 15 is 0 Å². The van der Waals surface area contributed by atoms with Gasteiger partial charge in [-0.2, -0.15) is 0 Å². The first kappa shape index (κ1) is 14.8. The van der Waals surface area contributed by atoms with Gasteiger partial charge in [-0.3, -0.25) is 9.59 Å². The number of hydrogen-bond acceptors (Lipinski definition) is 3. The number of hydrogen-bond donors (Lipinski definition) is 1. The number of carbonyl (C=O) groups excluding carboxylic acids is 2. The number of rotatable bonds is 3. The first-order chi connectivity index (χ1) is 10.1. The van der Waals surface area contributed by atoms with Gasteiger partial charge in [0.05, 0.1) is 6.10 Å². The Bertz CT molecular complexity index is 431. The molecule has 1 N–H and O–H groups in total. The average Bonchev–Trinajstić information content (AvgIpc) is 3.11. The lowest BCUT2D eigenvalue weighted by Gasteiger charge is -2.44. The van der Waals surface area contributed by atoms with Crippen LogP contribution in [0.25, 0.3) is 0 Å². The normalized spacial score (nSPS) is 35.5. The van der Waals surface area contributed by atoms with E-state index in [4.69, 9.17) is 4.74 Å². The standard InChI is InChI=1S/C16H26N2O3/c1-3-13-12(6-9-21-13)10-18-11(2)14(19)17-16(15(18)20)7-4-5-8-16/h11-13H,3-10H2,1-2H3,(H,17,19). The van der Waals surface area contributed by atoms with Crippen LogP contribution < -0.4 is 5.32 Å². The van der Waals surface area contributed by atoms with Crippen molar-refractivity contribution in [3.05, 3.63) is 0 Å². The second kappa shape index (κ2) is 5.59. The largest absolute Gasteiger partial charge is 0.378 e. The number of carbonyl (C=O) groups is 2. The van der Waals surface area contributed by atoms with Crippen molar-refractivity contribution in [2.45, 2.75) is 70.1 Å². The van der Waals surface area contributed by atoms with E-state index in [0.717, 1.165) is 45.1 Å². The minimum atomic E-state index is -0.606. The van der Waals surface area contributed by atoms with Crippen LogP contribution in [0.2, 0.25) is 0 Å². The molecule has 3 aliphatic rings. The summed E-state index contributed by atoms with van der Waals surface area (Å²) in [5.41, 5.74) is -0.606. The van der Waals surface area contributed by atoms with Crippen molar-refractivity contribution in [3.63, 3.8) is 0 Å². The number of amides is 2. The molecule has 0 bridgehead atoms. The van der Waals surface area contributed by atoms with E-state index in [9.17, 15) is 9.59 Å². The molecule has 1 saturated carbocycles. The molecule has 2 saturated heterocycles. The summed E-state index contributed by atoms with van der Waals surface area (Å²) in [6.45, 7) is 5.39. The Labute approximate surface area is 126 Å². The number of piperazine rings is 1. The van der Waals surface area contributed by atoms with Crippen LogP contribution in [-0.4, -0.2) is 47.6 Å². The molecule has 0 aromatic heterocycles. The monoisotopic (exact) mass is 294 g/mol. The second-order valence-electron chi connectivity index (χ2n) is 6.78. The fraction of sp³-hybridized carbons (Fsp3) is 0.875. The van der Waals surface area contributed by atoms with Crippen molar-refractivity contribution < 1.29 is 14.3 Å². The Morgan fingerprint density at radius 2 is 2.05 bits per heavy atom. The highest BCUT2D eigenvalue weighted by molar-refractivity contribution is 5.99. The maximum Gasteiger partial charge on any atom is 0.249 e. The quantitative estimate of drug-likeness (QED) is 0.857. The van der Waals surface area contributed by atoms with Crippen LogP contribution in [0.1, 0.15) is 52.4 Å². The molecule has 0 aromatic carbocycles. The molecule has 1 spiro atoms. The van der Waals surface area contributed by atoms with Gasteiger partial charge in [-0.25, -0.2) is 0 Å². The predicted octanol–water partition coefficient (Wildman–Crippen LogP) is 1.46. The lowest BCUT2D eigenvalue weighted by atomic mass is 9.89. The molecule has 3 fully saturated rings. The number of nitrogens with one attached hydrogen (secondary N) is 1. The Kier molecular flexibility index (Phi) is 3.95. The van der Waals surface area contributed by atoms with Crippen molar-refractivity contribution in [1.82, 2.24) is 10.2 Å². The lowest BCUT2D eigenvalue weighted by Crippen LogP contribution is -2.69. The van der Waals surface area contributed by atoms with Crippen molar-refractivity contribution in [1.29, 1.82) is 0 Å². The van der Waals surface area contributed by atoms with E-state index in [2.05, 4.69) is 12.2 Å². The number of ether oxygens (including phenoxy) is 1. The van der Waals surface area contributed by atoms with Gasteiger partial charge < -0.3 is 15.0 Å². The van der Waals surface area contributed by atoms with Crippen LogP contribution >= 0.6 is 0 Å². The Morgan fingerprint density at radius 1 is 1.33 bits per heavy atom. The molecule has 21 heavy (non-hydrogen) atoms. The summed E-state index contributed by atoms with van der Waals surface area (Å²) in [5, 5.41) is 3.01. The summed E-state index contributed by atoms with van der Waals surface area (Å²) in [6.07, 6.45) is 5.83. The van der Waals surface area contributed by atoms with Crippen molar-refractivity contribution in [2.24, 2.45) is 5.92 Å². The topological polar surface area (TPSA) is 58.6 Å². The first-order valence-corrected chi connectivity index (χ1v) is 8.32. The zero-order valence-electron chi connectivity index (χ0n) is 13.1. The van der Waals surface area contributed by atoms with Gasteiger partial charge in [-0.15, -0.1) is 0 Å². The Balaban J connectivity index is 1.78. The van der Waals surface area contributed by atoms with E-state index in [1.54, 1.807) is 0 Å². The van der Waals surface area contributed by atoms with E-state index in [1.807, 2.05) is 11.8 Å². The molecule has 2 aliphatic heterocycles. The third-order valence-corrected chi connectivity index (χ3v) is 5.52. The van der Waals surface area contributed by atoms with E-state index in [-0.39, 0.29) is 24.0 Å². The van der Waals surface area contributed by atoms with Gasteiger partial charge in [0.1, 0.15) is 11.6 Å². The van der Waals surface area contributed by atoms with Crippen LogP contribution in [0.5, 0.6) is 0 Å². The highest BCUT2D eigenvalue weighted by atomic mass is 16.5. The third-order valence-electron chi connectivity index (χ3n) is 5.52. The van der Waals surface area contributed by atoms with Gasteiger partial charge in [-0.1, -0.05) is 19.8 Å². The Morgan fingerprint density at radius 3 is 2.71 bits per heavy atom. The van der Waals surface area contributed by atoms with Gasteiger partial charge in [0.2, 0.25) is 11.8 Å². The molecule has 0 aromatic rings. The summed E-state index contributed by atoms with van der Waals surface area (Å²) >= 11 is 0. The van der Waals surface area contributed by atoms with E-state index in [1.165, 1.54) is 0 Å². The van der Waals surface area contributed by atoms with E-state index < -0.39 is 5.54 Å². The third kappa shape index (κ3) is 2.45. The molecule has 0 radical (unpaired) electrons. The minimum Gasteiger partial charge on any atom is -0.378 e. The van der Waals surface area contributed by atoms with Gasteiger partial charge in [0.15, 0.2) is 0 Å². The SMILES string of the molecule is CCC1OCCC1CN1C(=O)C2(CCCC2)NC(=O)C1C. The molecule has 3 unspecified atom stereocenters. The maximum absolute atomic E-state index is 13.0. The van der Waals surface area contributed by atoms with Crippen LogP contribution in [0, 0.1) is 5.92 Å². The van der Waals surface area contributed by atoms with Crippen LogP contribution in [0.15, 0.2) is 0 Å². The molecule has 1 aliphatic carbocycles. The van der Waals surface area contributed by atoms with E-state index in [0.29, 0.717) is 12.5 Å². The highest BCUT2D eigenvalue weighted by Gasteiger charge is 2.51. The van der Waals surface area contributed by atoms with Gasteiger partial charge in [0.25, 0.3) is 0 Å². The van der Waals surface area contributed by atoms with Gasteiger partial charge in [-0.05, 0) is 32.6 Å². The van der Waals surface area contributed by atoms with Crippen LogP contribution in [0.3, 0.4) is 0 Å². The lowest BCUT2D eigenvalue weighted by molar-refractivity contribution is -0.155. The zero-order valence-corrected chi connectivity index (χ0v) is 13.1. The summed E-state index contributed by atoms with van der Waals surface area (Å²) in [6, 6.07) is -0.359. The second-order valence-corrected chi connectivity index (χ2v) is 6.78. The Hall–Kier alpha value is -1.10. The van der Waals surface area contributed by atoms with Crippen molar-refractivity contribution >= 4 is 11.8 Å². The van der Waals surface area contributed by atoms with Crippen molar-refractivity contribution in [3.8, 4) is 0 Å². The molecular formula is C16H26N2O3. The fourth-order valence-corrected chi connectivity index (χ4v) is 4.15. The predicted molar refractivity (Wildman–Crippen MR) is 78.7 cm³/mol. The zero-order chi connectivity index (χ0) is 15.0.